The van der Waals surface area contributed by atoms with Crippen LogP contribution in [-0.2, 0) is 4.79 Å². The van der Waals surface area contributed by atoms with Gasteiger partial charge in [-0.05, 0) is 48.1 Å². The van der Waals surface area contributed by atoms with Crippen molar-refractivity contribution in [2.45, 2.75) is 0 Å². The molecule has 26 heavy (non-hydrogen) atoms. The Morgan fingerprint density at radius 2 is 1.88 bits per heavy atom. The number of amides is 1. The van der Waals surface area contributed by atoms with Crippen LogP contribution in [0, 0.1) is 10.1 Å². The lowest BCUT2D eigenvalue weighted by Gasteiger charge is -2.13. The number of hydrogen-bond donors (Lipinski definition) is 2. The standard InChI is InChI=1S/C18H18N4O3S/c1-21(2)15-9-7-14(8-10-15)19-18(26)20-17(23)11-6-13-4-3-5-16(12-13)22(24)25/h3-12H,1-2H3,(H2,19,20,23,26). The molecule has 2 aromatic carbocycles. The highest BCUT2D eigenvalue weighted by atomic mass is 32.1. The number of non-ortho nitro benzene ring substituents is 1. The van der Waals surface area contributed by atoms with Crippen molar-refractivity contribution < 1.29 is 9.72 Å². The number of nitrogens with one attached hydrogen (secondary N) is 2. The number of carbonyl (C=O) groups excluding carboxylic acids is 1. The summed E-state index contributed by atoms with van der Waals surface area (Å²) in [5.74, 6) is -0.432. The lowest BCUT2D eigenvalue weighted by atomic mass is 10.2. The summed E-state index contributed by atoms with van der Waals surface area (Å²) < 4.78 is 0. The van der Waals surface area contributed by atoms with Crippen molar-refractivity contribution in [1.82, 2.24) is 5.32 Å². The van der Waals surface area contributed by atoms with E-state index in [1.807, 2.05) is 43.3 Å². The van der Waals surface area contributed by atoms with Gasteiger partial charge in [-0.25, -0.2) is 0 Å². The molecule has 0 atom stereocenters. The molecule has 2 rings (SSSR count). The van der Waals surface area contributed by atoms with Gasteiger partial charge in [0.05, 0.1) is 4.92 Å². The molecule has 0 radical (unpaired) electrons. The van der Waals surface area contributed by atoms with Gasteiger partial charge in [0.2, 0.25) is 5.91 Å². The van der Waals surface area contributed by atoms with Gasteiger partial charge in [-0.15, -0.1) is 0 Å². The molecule has 8 heteroatoms. The third kappa shape index (κ3) is 5.67. The molecule has 0 aromatic heterocycles. The molecule has 0 saturated carbocycles. The van der Waals surface area contributed by atoms with E-state index in [0.717, 1.165) is 11.4 Å². The Balaban J connectivity index is 1.91. The molecule has 2 aromatic rings. The molecule has 7 nitrogen and oxygen atoms in total. The summed E-state index contributed by atoms with van der Waals surface area (Å²) in [5, 5.41) is 16.3. The third-order valence-electron chi connectivity index (χ3n) is 3.39. The van der Waals surface area contributed by atoms with E-state index in [2.05, 4.69) is 10.6 Å². The summed E-state index contributed by atoms with van der Waals surface area (Å²) in [7, 11) is 3.89. The van der Waals surface area contributed by atoms with E-state index in [4.69, 9.17) is 12.2 Å². The zero-order valence-corrected chi connectivity index (χ0v) is 15.1. The van der Waals surface area contributed by atoms with E-state index in [0.29, 0.717) is 5.56 Å². The maximum atomic E-state index is 11.9. The molecule has 134 valence electrons. The fraction of sp³-hybridized carbons (Fsp3) is 0.111. The minimum Gasteiger partial charge on any atom is -0.378 e. The van der Waals surface area contributed by atoms with Gasteiger partial charge >= 0.3 is 0 Å². The van der Waals surface area contributed by atoms with Gasteiger partial charge in [0.25, 0.3) is 5.69 Å². The Kier molecular flexibility index (Phi) is 6.40. The minimum atomic E-state index is -0.488. The molecular weight excluding hydrogens is 352 g/mol. The monoisotopic (exact) mass is 370 g/mol. The number of nitro groups is 1. The van der Waals surface area contributed by atoms with Gasteiger partial charge in [0.15, 0.2) is 5.11 Å². The molecular formula is C18H18N4O3S. The van der Waals surface area contributed by atoms with Crippen LogP contribution >= 0.6 is 12.2 Å². The summed E-state index contributed by atoms with van der Waals surface area (Å²) in [6.07, 6.45) is 2.75. The van der Waals surface area contributed by atoms with Gasteiger partial charge in [-0.2, -0.15) is 0 Å². The number of rotatable bonds is 5. The van der Waals surface area contributed by atoms with Crippen LogP contribution in [0.25, 0.3) is 6.08 Å². The van der Waals surface area contributed by atoms with Crippen molar-refractivity contribution in [2.75, 3.05) is 24.3 Å². The highest BCUT2D eigenvalue weighted by Crippen LogP contribution is 2.16. The number of nitro benzene ring substituents is 1. The first-order chi connectivity index (χ1) is 12.3. The first kappa shape index (κ1) is 19.1. The molecule has 0 bridgehead atoms. The van der Waals surface area contributed by atoms with E-state index in [1.165, 1.54) is 24.3 Å². The topological polar surface area (TPSA) is 87.5 Å². The maximum absolute atomic E-state index is 11.9. The second-order valence-corrected chi connectivity index (χ2v) is 5.98. The van der Waals surface area contributed by atoms with Crippen molar-refractivity contribution in [3.05, 3.63) is 70.3 Å². The summed E-state index contributed by atoms with van der Waals surface area (Å²) >= 11 is 5.11. The second kappa shape index (κ2) is 8.72. The van der Waals surface area contributed by atoms with Crippen molar-refractivity contribution >= 4 is 46.4 Å². The number of nitrogens with zero attached hydrogens (tertiary/aromatic N) is 2. The first-order valence-corrected chi connectivity index (χ1v) is 8.08. The molecule has 0 aliphatic rings. The van der Waals surface area contributed by atoms with Crippen molar-refractivity contribution in [3.63, 3.8) is 0 Å². The van der Waals surface area contributed by atoms with Crippen LogP contribution in [0.4, 0.5) is 17.1 Å². The van der Waals surface area contributed by atoms with E-state index in [9.17, 15) is 14.9 Å². The number of hydrogen-bond acceptors (Lipinski definition) is 5. The summed E-state index contributed by atoms with van der Waals surface area (Å²) in [5.41, 5.74) is 2.31. The SMILES string of the molecule is CN(C)c1ccc(NC(=S)NC(=O)C=Cc2cccc([N+](=O)[O-])c2)cc1. The number of benzene rings is 2. The Morgan fingerprint density at radius 3 is 2.50 bits per heavy atom. The Labute approximate surface area is 156 Å². The molecule has 0 unspecified atom stereocenters. The highest BCUT2D eigenvalue weighted by Gasteiger charge is 2.05. The molecule has 1 amide bonds. The predicted molar refractivity (Wildman–Crippen MR) is 107 cm³/mol. The molecule has 0 fully saturated rings. The summed E-state index contributed by atoms with van der Waals surface area (Å²) in [4.78, 5) is 24.1. The fourth-order valence-electron chi connectivity index (χ4n) is 2.07. The summed E-state index contributed by atoms with van der Waals surface area (Å²) in [6.45, 7) is 0. The number of carbonyl (C=O) groups is 1. The molecule has 0 spiro atoms. The third-order valence-corrected chi connectivity index (χ3v) is 3.59. The van der Waals surface area contributed by atoms with Gasteiger partial charge in [-0.1, -0.05) is 12.1 Å². The van der Waals surface area contributed by atoms with Crippen LogP contribution in [0.2, 0.25) is 0 Å². The van der Waals surface area contributed by atoms with Gasteiger partial charge < -0.3 is 10.2 Å². The number of thiocarbonyl (C=S) groups is 1. The lowest BCUT2D eigenvalue weighted by molar-refractivity contribution is -0.384. The van der Waals surface area contributed by atoms with Gasteiger partial charge in [0.1, 0.15) is 0 Å². The largest absolute Gasteiger partial charge is 0.378 e. The average Bonchev–Trinajstić information content (AvgIpc) is 2.60. The first-order valence-electron chi connectivity index (χ1n) is 7.67. The number of anilines is 2. The lowest BCUT2D eigenvalue weighted by Crippen LogP contribution is -2.32. The van der Waals surface area contributed by atoms with Crippen LogP contribution in [0.5, 0.6) is 0 Å². The van der Waals surface area contributed by atoms with Crippen molar-refractivity contribution in [1.29, 1.82) is 0 Å². The molecule has 2 N–H and O–H groups in total. The Morgan fingerprint density at radius 1 is 1.19 bits per heavy atom. The average molecular weight is 370 g/mol. The normalized spacial score (nSPS) is 10.4. The van der Waals surface area contributed by atoms with E-state index < -0.39 is 10.8 Å². The maximum Gasteiger partial charge on any atom is 0.270 e. The minimum absolute atomic E-state index is 0.0362. The van der Waals surface area contributed by atoms with E-state index in [1.54, 1.807) is 12.1 Å². The van der Waals surface area contributed by atoms with Crippen LogP contribution in [0.1, 0.15) is 5.56 Å². The highest BCUT2D eigenvalue weighted by molar-refractivity contribution is 7.80. The zero-order valence-electron chi connectivity index (χ0n) is 14.3. The predicted octanol–water partition coefficient (Wildman–Crippen LogP) is 3.19. The van der Waals surface area contributed by atoms with Gasteiger partial charge in [0, 0.05) is 43.7 Å². The smallest absolute Gasteiger partial charge is 0.270 e. The van der Waals surface area contributed by atoms with Crippen LogP contribution in [0.3, 0.4) is 0 Å². The zero-order chi connectivity index (χ0) is 19.1. The van der Waals surface area contributed by atoms with E-state index in [-0.39, 0.29) is 10.8 Å². The molecule has 0 aliphatic heterocycles. The Hall–Kier alpha value is -3.26. The second-order valence-electron chi connectivity index (χ2n) is 5.57. The fourth-order valence-corrected chi connectivity index (χ4v) is 2.29. The van der Waals surface area contributed by atoms with Crippen LogP contribution < -0.4 is 15.5 Å². The van der Waals surface area contributed by atoms with Crippen LogP contribution in [-0.4, -0.2) is 30.0 Å². The molecule has 0 aliphatic carbocycles. The molecule has 0 heterocycles. The van der Waals surface area contributed by atoms with Crippen molar-refractivity contribution in [3.8, 4) is 0 Å². The van der Waals surface area contributed by atoms with Gasteiger partial charge in [-0.3, -0.25) is 20.2 Å². The van der Waals surface area contributed by atoms with Crippen LogP contribution in [0.15, 0.2) is 54.6 Å². The summed E-state index contributed by atoms with van der Waals surface area (Å²) in [6, 6.07) is 13.5. The molecule has 0 saturated heterocycles. The quantitative estimate of drug-likeness (QED) is 0.364. The van der Waals surface area contributed by atoms with Crippen molar-refractivity contribution in [2.24, 2.45) is 0 Å². The Bertz CT molecular complexity index is 848. The van der Waals surface area contributed by atoms with E-state index >= 15 is 0 Å².